The third kappa shape index (κ3) is 13.8. The van der Waals surface area contributed by atoms with Crippen molar-refractivity contribution in [2.75, 3.05) is 19.9 Å². The molecule has 1 aliphatic carbocycles. The lowest BCUT2D eigenvalue weighted by Gasteiger charge is -2.21. The Bertz CT molecular complexity index is 1680. The molecule has 1 unspecified atom stereocenters. The van der Waals surface area contributed by atoms with E-state index >= 15 is 0 Å². The van der Waals surface area contributed by atoms with Crippen LogP contribution in [-0.4, -0.2) is 35.6 Å². The van der Waals surface area contributed by atoms with Crippen molar-refractivity contribution in [1.29, 1.82) is 0 Å². The van der Waals surface area contributed by atoms with Gasteiger partial charge >= 0.3 is 5.97 Å². The predicted molar refractivity (Wildman–Crippen MR) is 222 cm³/mol. The van der Waals surface area contributed by atoms with Crippen molar-refractivity contribution < 1.29 is 24.2 Å². The number of carbonyl (C=O) groups excluding carboxylic acids is 2. The zero-order valence-electron chi connectivity index (χ0n) is 34.5. The Balaban J connectivity index is 0.00000156. The first-order valence-electron chi connectivity index (χ1n) is 19.1. The summed E-state index contributed by atoms with van der Waals surface area (Å²) in [7, 11) is 2.85. The fourth-order valence-electron chi connectivity index (χ4n) is 5.59. The minimum absolute atomic E-state index is 0.103. The van der Waals surface area contributed by atoms with E-state index in [2.05, 4.69) is 63.3 Å². The number of aliphatic hydroxyl groups is 1. The monoisotopic (exact) mass is 734 g/mol. The Labute approximate surface area is 319 Å². The topological polar surface area (TPSA) is 147 Å². The van der Waals surface area contributed by atoms with E-state index < -0.39 is 6.10 Å². The summed E-state index contributed by atoms with van der Waals surface area (Å²) in [5, 5.41) is 10.6. The second-order valence-corrected chi connectivity index (χ2v) is 11.8. The highest BCUT2D eigenvalue weighted by atomic mass is 16.5. The van der Waals surface area contributed by atoms with Gasteiger partial charge in [-0.15, -0.1) is 0 Å². The number of hydrogen-bond acceptors (Lipinski definition) is 8. The third-order valence-electron chi connectivity index (χ3n) is 8.41. The Hall–Kier alpha value is -4.47. The summed E-state index contributed by atoms with van der Waals surface area (Å²) >= 11 is 0. The number of benzene rings is 2. The maximum absolute atomic E-state index is 13.5. The van der Waals surface area contributed by atoms with Crippen LogP contribution in [-0.2, 0) is 33.9 Å². The predicted octanol–water partition coefficient (Wildman–Crippen LogP) is 9.15. The second-order valence-electron chi connectivity index (χ2n) is 11.8. The van der Waals surface area contributed by atoms with Crippen LogP contribution in [0.15, 0.2) is 65.0 Å². The first-order valence-corrected chi connectivity index (χ1v) is 19.1. The number of unbranched alkanes of at least 4 members (excludes halogenated alkanes) is 1. The van der Waals surface area contributed by atoms with E-state index in [9.17, 15) is 19.5 Å². The van der Waals surface area contributed by atoms with E-state index in [1.165, 1.54) is 33.9 Å². The average molecular weight is 734 g/mol. The quantitative estimate of drug-likeness (QED) is 0.161. The molecule has 1 aliphatic heterocycles. The molecule has 0 spiro atoms. The van der Waals surface area contributed by atoms with E-state index in [4.69, 9.17) is 10.5 Å². The molecule has 3 aromatic rings. The molecule has 5 N–H and O–H groups in total. The number of nitrogens with zero attached hydrogens (tertiary/aromatic N) is 1. The number of rotatable bonds is 7. The number of anilines is 1. The van der Waals surface area contributed by atoms with Gasteiger partial charge in [0.2, 0.25) is 0 Å². The van der Waals surface area contributed by atoms with Crippen molar-refractivity contribution in [2.45, 2.75) is 127 Å². The van der Waals surface area contributed by atoms with Crippen LogP contribution in [0.2, 0.25) is 0 Å². The first kappa shape index (κ1) is 48.5. The molecule has 2 aromatic carbocycles. The maximum Gasteiger partial charge on any atom is 0.302 e. The number of ketones is 1. The number of aliphatic hydroxyl groups excluding tert-OH is 1. The van der Waals surface area contributed by atoms with Gasteiger partial charge in [-0.05, 0) is 103 Å². The first-order chi connectivity index (χ1) is 25.5. The average Bonchev–Trinajstić information content (AvgIpc) is 3.55. The molecule has 1 aromatic heterocycles. The number of nitrogen functional groups attached to an aromatic ring is 1. The van der Waals surface area contributed by atoms with Crippen molar-refractivity contribution in [3.8, 4) is 5.75 Å². The largest absolute Gasteiger partial charge is 0.489 e. The molecule has 2 heterocycles. The zero-order chi connectivity index (χ0) is 40.7. The molecular formula is C44H67N3O6. The highest BCUT2D eigenvalue weighted by molar-refractivity contribution is 5.92. The Morgan fingerprint density at radius 2 is 1.53 bits per heavy atom. The van der Waals surface area contributed by atoms with Gasteiger partial charge in [-0.1, -0.05) is 92.5 Å². The van der Waals surface area contributed by atoms with E-state index in [1.807, 2.05) is 68.7 Å². The van der Waals surface area contributed by atoms with Crippen molar-refractivity contribution in [1.82, 2.24) is 4.57 Å². The van der Waals surface area contributed by atoms with Gasteiger partial charge in [0, 0.05) is 24.6 Å². The molecule has 0 saturated heterocycles. The van der Waals surface area contributed by atoms with Crippen LogP contribution < -0.4 is 21.8 Å². The van der Waals surface area contributed by atoms with Gasteiger partial charge in [0.15, 0.2) is 5.78 Å². The van der Waals surface area contributed by atoms with Crippen molar-refractivity contribution in [2.24, 2.45) is 5.73 Å². The lowest BCUT2D eigenvalue weighted by molar-refractivity contribution is -0.138. The van der Waals surface area contributed by atoms with Crippen molar-refractivity contribution in [3.05, 3.63) is 104 Å². The molecule has 0 bridgehead atoms. The number of nitrogens with two attached hydrogens (primary N) is 2. The van der Waals surface area contributed by atoms with Crippen LogP contribution in [0.1, 0.15) is 134 Å². The van der Waals surface area contributed by atoms with Crippen LogP contribution in [0.25, 0.3) is 11.1 Å². The van der Waals surface area contributed by atoms with Crippen LogP contribution in [0, 0.1) is 6.92 Å². The van der Waals surface area contributed by atoms with E-state index in [1.54, 1.807) is 0 Å². The van der Waals surface area contributed by atoms with Crippen molar-refractivity contribution >= 4 is 28.6 Å². The van der Waals surface area contributed by atoms with Gasteiger partial charge in [0.05, 0.1) is 19.3 Å². The molecule has 0 fully saturated rings. The Morgan fingerprint density at radius 1 is 0.943 bits per heavy atom. The molecule has 0 amide bonds. The fraction of sp³-hybridized carbons (Fsp3) is 0.477. The van der Waals surface area contributed by atoms with E-state index in [0.717, 1.165) is 63.4 Å². The standard InChI is InChI=1S/C32H34N2O4.C4H10.C3H6O2.2C2H6.CH5N/c1-4-6-24-28(17-34-29(24)16-27-25(32(34)37)13-14-30(35)31(27)36)23(5-2)26-15-22(12-7-19(26)3)38-18-20-8-10-21(33)11-9-20;1-3-4-2;1-3(4)5-2;3*1-2/h6-12,15-16,31,36H,4-5,13-14,17-18,33H2,1-3H3;3-4H2,1-2H3;1-2H3;2*1-2H3;2H2,1H3/b24-6-,28-23-;;;;;. The molecule has 9 nitrogen and oxygen atoms in total. The fourth-order valence-corrected chi connectivity index (χ4v) is 5.59. The summed E-state index contributed by atoms with van der Waals surface area (Å²) in [6.45, 7) is 20.9. The number of fused-ring (bicyclic) bond motifs is 2. The summed E-state index contributed by atoms with van der Waals surface area (Å²) in [5.74, 6) is 0.307. The zero-order valence-corrected chi connectivity index (χ0v) is 34.5. The Kier molecular flexibility index (Phi) is 24.1. The van der Waals surface area contributed by atoms with Crippen LogP contribution in [0.4, 0.5) is 5.69 Å². The number of carbonyl (C=O) groups is 2. The summed E-state index contributed by atoms with van der Waals surface area (Å²) in [4.78, 5) is 35.3. The molecule has 0 saturated carbocycles. The van der Waals surface area contributed by atoms with Crippen molar-refractivity contribution in [3.63, 3.8) is 0 Å². The normalized spacial score (nSPS) is 15.1. The maximum atomic E-state index is 13.5. The number of methoxy groups -OCH3 is 1. The number of esters is 1. The highest BCUT2D eigenvalue weighted by Crippen LogP contribution is 2.41. The summed E-state index contributed by atoms with van der Waals surface area (Å²) < 4.78 is 12.1. The number of ether oxygens (including phenoxy) is 2. The molecule has 294 valence electrons. The van der Waals surface area contributed by atoms with Gasteiger partial charge in [-0.2, -0.15) is 0 Å². The molecule has 5 rings (SSSR count). The summed E-state index contributed by atoms with van der Waals surface area (Å²) in [6.07, 6.45) is 5.71. The lowest BCUT2D eigenvalue weighted by atomic mass is 9.87. The number of allylic oxidation sites excluding steroid dienone is 4. The summed E-state index contributed by atoms with van der Waals surface area (Å²) in [5.41, 5.74) is 19.3. The molecule has 0 radical (unpaired) electrons. The number of aromatic nitrogens is 1. The SMILES string of the molecule is CC.CC.CC/C=C1/C(=C(/CC)c2cc(OCc3ccc(N)cc3)ccc2C)Cn2c1cc1c(c2=O)CCC(=O)C1O.CCCC.CN.COC(C)=O. The molecule has 2 aliphatic rings. The molecule has 9 heteroatoms. The second kappa shape index (κ2) is 26.3. The smallest absolute Gasteiger partial charge is 0.302 e. The minimum atomic E-state index is -1.23. The Morgan fingerprint density at radius 3 is 2.04 bits per heavy atom. The van der Waals surface area contributed by atoms with Gasteiger partial charge in [0.1, 0.15) is 18.5 Å². The van der Waals surface area contributed by atoms with Gasteiger partial charge in [0.25, 0.3) is 5.56 Å². The van der Waals surface area contributed by atoms with Crippen LogP contribution >= 0.6 is 0 Å². The number of Topliss-reactive ketones (excluding diaryl/α,β-unsaturated/α-hetero) is 1. The van der Waals surface area contributed by atoms with Gasteiger partial charge in [-0.25, -0.2) is 0 Å². The van der Waals surface area contributed by atoms with E-state index in [-0.39, 0.29) is 23.7 Å². The number of hydrogen-bond donors (Lipinski definition) is 3. The van der Waals surface area contributed by atoms with Crippen LogP contribution in [0.3, 0.4) is 0 Å². The highest BCUT2D eigenvalue weighted by Gasteiger charge is 2.33. The minimum Gasteiger partial charge on any atom is -0.489 e. The molecular weight excluding hydrogens is 666 g/mol. The van der Waals surface area contributed by atoms with Gasteiger partial charge in [-0.3, -0.25) is 14.4 Å². The molecule has 1 atom stereocenters. The number of aryl methyl sites for hydroxylation is 1. The molecule has 53 heavy (non-hydrogen) atoms. The van der Waals surface area contributed by atoms with Gasteiger partial charge < -0.3 is 30.6 Å². The summed E-state index contributed by atoms with van der Waals surface area (Å²) in [6, 6.07) is 15.7. The van der Waals surface area contributed by atoms with Crippen LogP contribution in [0.5, 0.6) is 5.75 Å². The third-order valence-corrected chi connectivity index (χ3v) is 8.41. The lowest BCUT2D eigenvalue weighted by Crippen LogP contribution is -2.31. The number of pyridine rings is 1. The van der Waals surface area contributed by atoms with E-state index in [0.29, 0.717) is 30.7 Å².